The molecule has 1 saturated heterocycles. The summed E-state index contributed by atoms with van der Waals surface area (Å²) in [5.74, 6) is 0.767. The van der Waals surface area contributed by atoms with Gasteiger partial charge in [0.05, 0.1) is 18.3 Å². The molecule has 184 valence electrons. The van der Waals surface area contributed by atoms with Crippen molar-refractivity contribution in [1.82, 2.24) is 20.5 Å². The average molecular weight is 479 g/mol. The van der Waals surface area contributed by atoms with Crippen molar-refractivity contribution < 1.29 is 4.79 Å². The normalized spacial score (nSPS) is 17.7. The second kappa shape index (κ2) is 10.3. The van der Waals surface area contributed by atoms with Crippen LogP contribution >= 0.6 is 0 Å². The Kier molecular flexibility index (Phi) is 6.58. The maximum atomic E-state index is 12.7. The number of H-pyrrole nitrogens is 1. The van der Waals surface area contributed by atoms with Crippen LogP contribution in [0.4, 0.5) is 0 Å². The molecule has 1 fully saturated rings. The summed E-state index contributed by atoms with van der Waals surface area (Å²) in [5, 5.41) is 7.93. The predicted octanol–water partition coefficient (Wildman–Crippen LogP) is 5.25. The first-order valence-corrected chi connectivity index (χ1v) is 13.2. The lowest BCUT2D eigenvalue weighted by molar-refractivity contribution is -0.120. The van der Waals surface area contributed by atoms with Gasteiger partial charge in [-0.05, 0) is 55.5 Å². The molecule has 5 nitrogen and oxygen atoms in total. The van der Waals surface area contributed by atoms with E-state index in [-0.39, 0.29) is 11.9 Å². The van der Waals surface area contributed by atoms with Crippen LogP contribution in [0.1, 0.15) is 42.0 Å². The van der Waals surface area contributed by atoms with Gasteiger partial charge in [-0.2, -0.15) is 0 Å². The number of aromatic amines is 1. The van der Waals surface area contributed by atoms with E-state index in [1.54, 1.807) is 0 Å². The quantitative estimate of drug-likeness (QED) is 0.324. The number of rotatable bonds is 8. The van der Waals surface area contributed by atoms with Gasteiger partial charge in [0.25, 0.3) is 0 Å². The summed E-state index contributed by atoms with van der Waals surface area (Å²) >= 11 is 0. The number of amides is 1. The van der Waals surface area contributed by atoms with E-state index in [0.29, 0.717) is 12.5 Å². The fourth-order valence-corrected chi connectivity index (χ4v) is 5.97. The lowest BCUT2D eigenvalue weighted by Gasteiger charge is -2.32. The molecule has 0 saturated carbocycles. The highest BCUT2D eigenvalue weighted by molar-refractivity contribution is 5.95. The first-order chi connectivity index (χ1) is 17.8. The third-order valence-corrected chi connectivity index (χ3v) is 7.87. The van der Waals surface area contributed by atoms with E-state index in [2.05, 4.69) is 99.4 Å². The summed E-state index contributed by atoms with van der Waals surface area (Å²) in [7, 11) is 0. The van der Waals surface area contributed by atoms with Gasteiger partial charge in [0.2, 0.25) is 5.91 Å². The summed E-state index contributed by atoms with van der Waals surface area (Å²) in [6.45, 7) is 4.39. The Balaban J connectivity index is 0.993. The van der Waals surface area contributed by atoms with Gasteiger partial charge in [-0.15, -0.1) is 0 Å². The van der Waals surface area contributed by atoms with Crippen molar-refractivity contribution in [2.75, 3.05) is 26.2 Å². The number of hydrogen-bond acceptors (Lipinski definition) is 3. The van der Waals surface area contributed by atoms with Crippen molar-refractivity contribution in [3.05, 3.63) is 95.6 Å². The second-order valence-corrected chi connectivity index (χ2v) is 10.2. The largest absolute Gasteiger partial charge is 0.355 e. The lowest BCUT2D eigenvalue weighted by atomic mass is 9.93. The summed E-state index contributed by atoms with van der Waals surface area (Å²) in [4.78, 5) is 18.9. The van der Waals surface area contributed by atoms with E-state index >= 15 is 0 Å². The minimum absolute atomic E-state index is 0.0204. The third kappa shape index (κ3) is 4.69. The smallest absolute Gasteiger partial charge is 0.233 e. The van der Waals surface area contributed by atoms with Crippen LogP contribution in [0.2, 0.25) is 0 Å². The molecule has 1 aliphatic carbocycles. The highest BCUT2D eigenvalue weighted by Crippen LogP contribution is 2.46. The number of carbonyl (C=O) groups excluding carboxylic acids is 1. The van der Waals surface area contributed by atoms with Gasteiger partial charge in [0, 0.05) is 35.1 Å². The molecule has 3 aromatic carbocycles. The monoisotopic (exact) mass is 478 g/mol. The van der Waals surface area contributed by atoms with Crippen molar-refractivity contribution in [2.24, 2.45) is 5.92 Å². The number of para-hydroxylation sites is 1. The van der Waals surface area contributed by atoms with Crippen molar-refractivity contribution in [2.45, 2.75) is 31.8 Å². The van der Waals surface area contributed by atoms with E-state index in [1.165, 1.54) is 46.2 Å². The Labute approximate surface area is 212 Å². The molecule has 0 radical (unpaired) electrons. The molecule has 1 unspecified atom stereocenters. The van der Waals surface area contributed by atoms with Gasteiger partial charge >= 0.3 is 0 Å². The summed E-state index contributed by atoms with van der Waals surface area (Å²) in [5.41, 5.74) is 7.41. The molecule has 1 amide bonds. The molecule has 3 N–H and O–H groups in total. The SMILES string of the molecule is O=C(CNC1c2ccccc2-c2[nH]c3ccccc3c21)NCCC1CCN(Cc2ccccc2)CC1. The second-order valence-electron chi connectivity index (χ2n) is 10.2. The van der Waals surface area contributed by atoms with Crippen LogP contribution in [-0.4, -0.2) is 42.0 Å². The first kappa shape index (κ1) is 23.0. The summed E-state index contributed by atoms with van der Waals surface area (Å²) in [6.07, 6.45) is 3.48. The van der Waals surface area contributed by atoms with E-state index in [0.717, 1.165) is 38.1 Å². The van der Waals surface area contributed by atoms with Crippen LogP contribution in [0.5, 0.6) is 0 Å². The Morgan fingerprint density at radius 2 is 1.67 bits per heavy atom. The highest BCUT2D eigenvalue weighted by Gasteiger charge is 2.32. The van der Waals surface area contributed by atoms with Crippen LogP contribution in [0.3, 0.4) is 0 Å². The van der Waals surface area contributed by atoms with Crippen LogP contribution in [0, 0.1) is 5.92 Å². The zero-order chi connectivity index (χ0) is 24.3. The van der Waals surface area contributed by atoms with Crippen LogP contribution in [-0.2, 0) is 11.3 Å². The van der Waals surface area contributed by atoms with Gasteiger partial charge in [0.15, 0.2) is 0 Å². The molecule has 2 heterocycles. The van der Waals surface area contributed by atoms with E-state index in [4.69, 9.17) is 0 Å². The molecule has 1 aromatic heterocycles. The molecule has 1 aliphatic heterocycles. The molecular weight excluding hydrogens is 444 g/mol. The fourth-order valence-electron chi connectivity index (χ4n) is 5.97. The topological polar surface area (TPSA) is 60.2 Å². The highest BCUT2D eigenvalue weighted by atomic mass is 16.1. The van der Waals surface area contributed by atoms with Crippen LogP contribution in [0.25, 0.3) is 22.2 Å². The van der Waals surface area contributed by atoms with Crippen molar-refractivity contribution in [1.29, 1.82) is 0 Å². The Bertz CT molecular complexity index is 1340. The molecule has 0 bridgehead atoms. The molecule has 1 atom stereocenters. The number of hydrogen-bond donors (Lipinski definition) is 3. The van der Waals surface area contributed by atoms with E-state index in [1.807, 2.05) is 0 Å². The molecule has 0 spiro atoms. The molecule has 36 heavy (non-hydrogen) atoms. The van der Waals surface area contributed by atoms with Crippen molar-refractivity contribution >= 4 is 16.8 Å². The first-order valence-electron chi connectivity index (χ1n) is 13.2. The zero-order valence-corrected chi connectivity index (χ0v) is 20.7. The number of nitrogens with zero attached hydrogens (tertiary/aromatic N) is 1. The maximum absolute atomic E-state index is 12.7. The van der Waals surface area contributed by atoms with E-state index in [9.17, 15) is 4.79 Å². The number of benzene rings is 3. The minimum Gasteiger partial charge on any atom is -0.355 e. The van der Waals surface area contributed by atoms with E-state index < -0.39 is 0 Å². The predicted molar refractivity (Wildman–Crippen MR) is 146 cm³/mol. The van der Waals surface area contributed by atoms with Gasteiger partial charge in [-0.3, -0.25) is 15.0 Å². The van der Waals surface area contributed by atoms with Gasteiger partial charge < -0.3 is 10.3 Å². The Hall–Kier alpha value is -3.41. The summed E-state index contributed by atoms with van der Waals surface area (Å²) in [6, 6.07) is 27.6. The molecule has 4 aromatic rings. The standard InChI is InChI=1S/C31H34N4O/c36-28(32-17-14-22-15-18-35(19-16-22)21-23-8-2-1-3-9-23)20-33-30-24-10-4-5-11-25(24)31-29(30)26-12-6-7-13-27(26)34-31/h1-13,22,30,33-34H,14-21H2,(H,32,36). The number of aromatic nitrogens is 1. The minimum atomic E-state index is 0.0204. The van der Waals surface area contributed by atoms with Gasteiger partial charge in [0.1, 0.15) is 0 Å². The number of likely N-dealkylation sites (tertiary alicyclic amines) is 1. The summed E-state index contributed by atoms with van der Waals surface area (Å²) < 4.78 is 0. The average Bonchev–Trinajstić information content (AvgIpc) is 3.44. The number of fused-ring (bicyclic) bond motifs is 5. The number of nitrogens with one attached hydrogen (secondary N) is 3. The van der Waals surface area contributed by atoms with Crippen LogP contribution < -0.4 is 10.6 Å². The van der Waals surface area contributed by atoms with Crippen molar-refractivity contribution in [3.63, 3.8) is 0 Å². The number of carbonyl (C=O) groups is 1. The Morgan fingerprint density at radius 3 is 2.53 bits per heavy atom. The Morgan fingerprint density at radius 1 is 0.917 bits per heavy atom. The molecule has 6 rings (SSSR count). The van der Waals surface area contributed by atoms with Crippen molar-refractivity contribution in [3.8, 4) is 11.3 Å². The fraction of sp³-hybridized carbons (Fsp3) is 0.323. The molecule has 2 aliphatic rings. The maximum Gasteiger partial charge on any atom is 0.233 e. The lowest BCUT2D eigenvalue weighted by Crippen LogP contribution is -2.38. The third-order valence-electron chi connectivity index (χ3n) is 7.87. The molecule has 5 heteroatoms. The van der Waals surface area contributed by atoms with Crippen LogP contribution in [0.15, 0.2) is 78.9 Å². The van der Waals surface area contributed by atoms with Gasteiger partial charge in [-0.1, -0.05) is 72.8 Å². The zero-order valence-electron chi connectivity index (χ0n) is 20.7. The van der Waals surface area contributed by atoms with Gasteiger partial charge in [-0.25, -0.2) is 0 Å². The molecular formula is C31H34N4O. The number of piperidine rings is 1.